The second-order valence-electron chi connectivity index (χ2n) is 6.05. The van der Waals surface area contributed by atoms with E-state index in [1.165, 1.54) is 22.5 Å². The number of morpholine rings is 1. The van der Waals surface area contributed by atoms with Gasteiger partial charge in [-0.2, -0.15) is 4.31 Å². The molecule has 1 fully saturated rings. The van der Waals surface area contributed by atoms with Gasteiger partial charge in [0.15, 0.2) is 0 Å². The quantitative estimate of drug-likeness (QED) is 0.622. The minimum atomic E-state index is -3.73. The number of anilines is 1. The van der Waals surface area contributed by atoms with Gasteiger partial charge in [0.1, 0.15) is 5.75 Å². The Kier molecular flexibility index (Phi) is 7.39. The minimum Gasteiger partial charge on any atom is -0.506 e. The standard InChI is InChI=1S/C18H21N3O5S.ClH/c19-12-13-1-3-14(4-2-13)18(23)20-16-11-15(5-6-17(16)22)27(24,25)21-7-9-26-10-8-21;/h1-6,11,22H,7-10,12,19H2,(H,20,23);1H. The van der Waals surface area contributed by atoms with E-state index in [1.807, 2.05) is 0 Å². The zero-order valence-electron chi connectivity index (χ0n) is 15.0. The molecule has 1 saturated heterocycles. The Balaban J connectivity index is 0.00000280. The van der Waals surface area contributed by atoms with Crippen LogP contribution >= 0.6 is 12.4 Å². The van der Waals surface area contributed by atoms with Crippen LogP contribution in [-0.4, -0.2) is 50.0 Å². The van der Waals surface area contributed by atoms with E-state index < -0.39 is 15.9 Å². The van der Waals surface area contributed by atoms with E-state index in [9.17, 15) is 18.3 Å². The summed E-state index contributed by atoms with van der Waals surface area (Å²) in [6, 6.07) is 10.5. The van der Waals surface area contributed by atoms with Gasteiger partial charge < -0.3 is 20.9 Å². The van der Waals surface area contributed by atoms with Gasteiger partial charge in [-0.15, -0.1) is 12.4 Å². The van der Waals surface area contributed by atoms with Crippen LogP contribution in [0.3, 0.4) is 0 Å². The molecular formula is C18H22ClN3O5S. The number of nitrogens with two attached hydrogens (primary N) is 1. The average molecular weight is 428 g/mol. The summed E-state index contributed by atoms with van der Waals surface area (Å²) in [5.41, 5.74) is 6.81. The topological polar surface area (TPSA) is 122 Å². The molecule has 2 aromatic carbocycles. The highest BCUT2D eigenvalue weighted by atomic mass is 35.5. The van der Waals surface area contributed by atoms with Crippen molar-refractivity contribution in [1.29, 1.82) is 0 Å². The zero-order valence-corrected chi connectivity index (χ0v) is 16.6. The number of amides is 1. The smallest absolute Gasteiger partial charge is 0.255 e. The van der Waals surface area contributed by atoms with E-state index in [1.54, 1.807) is 24.3 Å². The van der Waals surface area contributed by atoms with Gasteiger partial charge >= 0.3 is 0 Å². The van der Waals surface area contributed by atoms with E-state index in [0.717, 1.165) is 5.56 Å². The molecule has 10 heteroatoms. The largest absolute Gasteiger partial charge is 0.506 e. The first-order valence-electron chi connectivity index (χ1n) is 8.43. The van der Waals surface area contributed by atoms with Crippen LogP contribution in [0.15, 0.2) is 47.4 Å². The number of benzene rings is 2. The number of phenols is 1. The van der Waals surface area contributed by atoms with E-state index in [0.29, 0.717) is 25.3 Å². The van der Waals surface area contributed by atoms with Crippen LogP contribution in [0, 0.1) is 0 Å². The van der Waals surface area contributed by atoms with E-state index in [-0.39, 0.29) is 41.8 Å². The van der Waals surface area contributed by atoms with Gasteiger partial charge in [0, 0.05) is 25.2 Å². The van der Waals surface area contributed by atoms with Crippen LogP contribution in [0.25, 0.3) is 0 Å². The van der Waals surface area contributed by atoms with E-state index in [2.05, 4.69) is 5.32 Å². The second kappa shape index (κ2) is 9.35. The number of hydrogen-bond acceptors (Lipinski definition) is 6. The number of hydrogen-bond donors (Lipinski definition) is 3. The fraction of sp³-hybridized carbons (Fsp3) is 0.278. The molecule has 28 heavy (non-hydrogen) atoms. The monoisotopic (exact) mass is 427 g/mol. The predicted molar refractivity (Wildman–Crippen MR) is 107 cm³/mol. The molecule has 0 aliphatic carbocycles. The van der Waals surface area contributed by atoms with Gasteiger partial charge in [0.2, 0.25) is 10.0 Å². The molecule has 1 aliphatic rings. The third-order valence-corrected chi connectivity index (χ3v) is 6.17. The number of phenolic OH excluding ortho intramolecular Hbond substituents is 1. The Labute approximate surface area is 169 Å². The zero-order chi connectivity index (χ0) is 19.4. The number of nitrogens with one attached hydrogen (secondary N) is 1. The molecule has 1 amide bonds. The summed E-state index contributed by atoms with van der Waals surface area (Å²) in [5.74, 6) is -0.683. The van der Waals surface area contributed by atoms with Crippen LogP contribution in [-0.2, 0) is 21.3 Å². The molecular weight excluding hydrogens is 406 g/mol. The highest BCUT2D eigenvalue weighted by molar-refractivity contribution is 7.89. The first-order chi connectivity index (χ1) is 12.9. The molecule has 0 saturated carbocycles. The van der Waals surface area contributed by atoms with Crippen molar-refractivity contribution in [3.8, 4) is 5.75 Å². The lowest BCUT2D eigenvalue weighted by Gasteiger charge is -2.26. The summed E-state index contributed by atoms with van der Waals surface area (Å²) in [6.45, 7) is 1.56. The molecule has 1 aliphatic heterocycles. The van der Waals surface area contributed by atoms with Crippen molar-refractivity contribution >= 4 is 34.0 Å². The number of nitrogens with zero attached hydrogens (tertiary/aromatic N) is 1. The molecule has 0 bridgehead atoms. The van der Waals surface area contributed by atoms with Crippen LogP contribution < -0.4 is 11.1 Å². The lowest BCUT2D eigenvalue weighted by Crippen LogP contribution is -2.40. The molecule has 1 heterocycles. The van der Waals surface area contributed by atoms with Gasteiger partial charge in [-0.1, -0.05) is 12.1 Å². The Morgan fingerprint density at radius 1 is 1.14 bits per heavy atom. The maximum absolute atomic E-state index is 12.7. The van der Waals surface area contributed by atoms with Crippen molar-refractivity contribution in [3.05, 3.63) is 53.6 Å². The molecule has 0 unspecified atom stereocenters. The maximum Gasteiger partial charge on any atom is 0.255 e. The maximum atomic E-state index is 12.7. The van der Waals surface area contributed by atoms with Gasteiger partial charge in [0.25, 0.3) is 5.91 Å². The van der Waals surface area contributed by atoms with Crippen molar-refractivity contribution in [2.24, 2.45) is 5.73 Å². The Hall–Kier alpha value is -2.17. The fourth-order valence-corrected chi connectivity index (χ4v) is 4.13. The van der Waals surface area contributed by atoms with Crippen molar-refractivity contribution in [1.82, 2.24) is 4.31 Å². The van der Waals surface area contributed by atoms with E-state index >= 15 is 0 Å². The van der Waals surface area contributed by atoms with Crippen molar-refractivity contribution in [2.75, 3.05) is 31.6 Å². The number of aromatic hydroxyl groups is 1. The lowest BCUT2D eigenvalue weighted by molar-refractivity contribution is 0.0730. The first-order valence-corrected chi connectivity index (χ1v) is 9.87. The molecule has 3 rings (SSSR count). The summed E-state index contributed by atoms with van der Waals surface area (Å²) < 4.78 is 32.0. The molecule has 0 aromatic heterocycles. The van der Waals surface area contributed by atoms with Crippen LogP contribution in [0.1, 0.15) is 15.9 Å². The average Bonchev–Trinajstić information content (AvgIpc) is 2.70. The van der Waals surface area contributed by atoms with Gasteiger partial charge in [-0.25, -0.2) is 8.42 Å². The first kappa shape index (κ1) is 22.1. The van der Waals surface area contributed by atoms with Crippen molar-refractivity contribution in [3.63, 3.8) is 0 Å². The summed E-state index contributed by atoms with van der Waals surface area (Å²) in [4.78, 5) is 12.4. The van der Waals surface area contributed by atoms with Crippen LogP contribution in [0.5, 0.6) is 5.75 Å². The number of halogens is 1. The SMILES string of the molecule is Cl.NCc1ccc(C(=O)Nc2cc(S(=O)(=O)N3CCOCC3)ccc2O)cc1. The number of rotatable bonds is 5. The Morgan fingerprint density at radius 3 is 2.39 bits per heavy atom. The van der Waals surface area contributed by atoms with Gasteiger partial charge in [0.05, 0.1) is 23.8 Å². The second-order valence-corrected chi connectivity index (χ2v) is 7.99. The summed E-state index contributed by atoms with van der Waals surface area (Å²) in [7, 11) is -3.73. The molecule has 2 aromatic rings. The fourth-order valence-electron chi connectivity index (χ4n) is 2.70. The van der Waals surface area contributed by atoms with Crippen LogP contribution in [0.4, 0.5) is 5.69 Å². The number of ether oxygens (including phenoxy) is 1. The number of carbonyl (C=O) groups excluding carboxylic acids is 1. The lowest BCUT2D eigenvalue weighted by atomic mass is 10.1. The molecule has 8 nitrogen and oxygen atoms in total. The third kappa shape index (κ3) is 4.81. The molecule has 0 spiro atoms. The summed E-state index contributed by atoms with van der Waals surface area (Å²) in [5, 5.41) is 12.6. The van der Waals surface area contributed by atoms with Gasteiger partial charge in [-0.05, 0) is 35.9 Å². The van der Waals surface area contributed by atoms with Gasteiger partial charge in [-0.3, -0.25) is 4.79 Å². The van der Waals surface area contributed by atoms with Crippen molar-refractivity contribution < 1.29 is 23.1 Å². The molecule has 0 radical (unpaired) electrons. The highest BCUT2D eigenvalue weighted by Crippen LogP contribution is 2.28. The Bertz CT molecular complexity index is 929. The molecule has 152 valence electrons. The molecule has 4 N–H and O–H groups in total. The summed E-state index contributed by atoms with van der Waals surface area (Å²) >= 11 is 0. The predicted octanol–water partition coefficient (Wildman–Crippen LogP) is 1.55. The highest BCUT2D eigenvalue weighted by Gasteiger charge is 2.27. The van der Waals surface area contributed by atoms with Crippen LogP contribution in [0.2, 0.25) is 0 Å². The van der Waals surface area contributed by atoms with Crippen molar-refractivity contribution in [2.45, 2.75) is 11.4 Å². The van der Waals surface area contributed by atoms with E-state index in [4.69, 9.17) is 10.5 Å². The normalized spacial score (nSPS) is 14.9. The third-order valence-electron chi connectivity index (χ3n) is 4.28. The number of carbonyl (C=O) groups is 1. The summed E-state index contributed by atoms with van der Waals surface area (Å²) in [6.07, 6.45) is 0. The number of sulfonamides is 1. The Morgan fingerprint density at radius 2 is 1.79 bits per heavy atom. The molecule has 0 atom stereocenters. The minimum absolute atomic E-state index is 0.